The van der Waals surface area contributed by atoms with Gasteiger partial charge in [0.05, 0.1) is 0 Å². The average molecular weight is 209 g/mol. The van der Waals surface area contributed by atoms with Crippen LogP contribution in [0.2, 0.25) is 0 Å². The minimum absolute atomic E-state index is 0. The molecule has 0 atom stereocenters. The van der Waals surface area contributed by atoms with Gasteiger partial charge in [-0.2, -0.15) is 0 Å². The third-order valence-electron chi connectivity index (χ3n) is 0. The fourth-order valence-electron chi connectivity index (χ4n) is 0. The van der Waals surface area contributed by atoms with E-state index >= 15 is 0 Å². The molecule has 0 spiro atoms. The van der Waals surface area contributed by atoms with Crippen molar-refractivity contribution in [3.8, 4) is 0 Å². The SMILES string of the molecule is O.O.O.O.O.O.[Ru]. The van der Waals surface area contributed by atoms with Crippen molar-refractivity contribution in [2.75, 3.05) is 0 Å². The van der Waals surface area contributed by atoms with Gasteiger partial charge >= 0.3 is 0 Å². The fraction of sp³-hybridized carbons (Fsp3) is 0. The van der Waals surface area contributed by atoms with Crippen LogP contribution in [0.5, 0.6) is 0 Å². The number of rotatable bonds is 0. The molecule has 0 heterocycles. The largest absolute Gasteiger partial charge is 0.412 e. The summed E-state index contributed by atoms with van der Waals surface area (Å²) in [6.45, 7) is 0. The molecule has 7 heteroatoms. The monoisotopic (exact) mass is 210 g/mol. The number of hydrogen-bond donors (Lipinski definition) is 0. The second kappa shape index (κ2) is 1260. The fourth-order valence-corrected chi connectivity index (χ4v) is 0. The zero-order valence-corrected chi connectivity index (χ0v) is 5.09. The first-order valence-electron chi connectivity index (χ1n) is 0. The Hall–Kier alpha value is 0.383. The van der Waals surface area contributed by atoms with Crippen LogP contribution in [-0.2, 0) is 19.5 Å². The maximum atomic E-state index is 0. The van der Waals surface area contributed by atoms with E-state index in [0.717, 1.165) is 0 Å². The Labute approximate surface area is 53.1 Å². The molecule has 0 saturated carbocycles. The van der Waals surface area contributed by atoms with Gasteiger partial charge in [-0.3, -0.25) is 0 Å². The molecule has 0 aliphatic heterocycles. The van der Waals surface area contributed by atoms with Crippen LogP contribution < -0.4 is 0 Å². The standard InChI is InChI=1S/6H2O.Ru/h6*1H2;. The molecule has 0 aliphatic rings. The molecule has 0 radical (unpaired) electrons. The molecular formula is H12O6Ru. The molecule has 0 amide bonds. The Kier molecular flexibility index (Phi) is 368000. The van der Waals surface area contributed by atoms with Crippen molar-refractivity contribution < 1.29 is 52.3 Å². The summed E-state index contributed by atoms with van der Waals surface area (Å²) in [7, 11) is 0. The third kappa shape index (κ3) is 834. The second-order valence-electron chi connectivity index (χ2n) is 0. The topological polar surface area (TPSA) is 189 Å². The van der Waals surface area contributed by atoms with Gasteiger partial charge in [-0.15, -0.1) is 0 Å². The van der Waals surface area contributed by atoms with E-state index in [2.05, 4.69) is 0 Å². The Morgan fingerprint density at radius 2 is 0.286 bits per heavy atom. The summed E-state index contributed by atoms with van der Waals surface area (Å²) in [6.07, 6.45) is 0. The van der Waals surface area contributed by atoms with Crippen LogP contribution in [0.4, 0.5) is 0 Å². The van der Waals surface area contributed by atoms with Crippen LogP contribution in [-0.4, -0.2) is 32.9 Å². The first-order valence-corrected chi connectivity index (χ1v) is 0. The van der Waals surface area contributed by atoms with Crippen molar-refractivity contribution in [2.24, 2.45) is 0 Å². The van der Waals surface area contributed by atoms with Crippen LogP contribution in [0, 0.1) is 0 Å². The molecule has 0 bridgehead atoms. The van der Waals surface area contributed by atoms with Crippen LogP contribution in [0.25, 0.3) is 0 Å². The predicted molar refractivity (Wildman–Crippen MR) is 21.7 cm³/mol. The molecule has 0 fully saturated rings. The van der Waals surface area contributed by atoms with E-state index in [9.17, 15) is 0 Å². The Balaban J connectivity index is 0. The van der Waals surface area contributed by atoms with Crippen LogP contribution in [0.15, 0.2) is 0 Å². The molecule has 6 nitrogen and oxygen atoms in total. The van der Waals surface area contributed by atoms with Crippen molar-refractivity contribution in [3.63, 3.8) is 0 Å². The summed E-state index contributed by atoms with van der Waals surface area (Å²) in [6, 6.07) is 0. The molecular weight excluding hydrogens is 197 g/mol. The average Bonchev–Trinajstić information content (AvgIpc) is 0. The summed E-state index contributed by atoms with van der Waals surface area (Å²) in [5.41, 5.74) is 0. The minimum atomic E-state index is 0. The molecule has 12 N–H and O–H groups in total. The van der Waals surface area contributed by atoms with Crippen molar-refractivity contribution >= 4 is 0 Å². The number of hydrogen-bond acceptors (Lipinski definition) is 0. The summed E-state index contributed by atoms with van der Waals surface area (Å²) in [5, 5.41) is 0. The summed E-state index contributed by atoms with van der Waals surface area (Å²) < 4.78 is 0. The maximum absolute atomic E-state index is 0. The Bertz CT molecular complexity index is 4.14. The van der Waals surface area contributed by atoms with Gasteiger partial charge in [-0.1, -0.05) is 0 Å². The van der Waals surface area contributed by atoms with E-state index in [4.69, 9.17) is 0 Å². The van der Waals surface area contributed by atoms with Gasteiger partial charge in [0.2, 0.25) is 0 Å². The van der Waals surface area contributed by atoms with Crippen LogP contribution >= 0.6 is 0 Å². The van der Waals surface area contributed by atoms with E-state index in [1.165, 1.54) is 0 Å². The van der Waals surface area contributed by atoms with Crippen molar-refractivity contribution in [3.05, 3.63) is 0 Å². The van der Waals surface area contributed by atoms with Gasteiger partial charge < -0.3 is 32.9 Å². The molecule has 0 aromatic carbocycles. The van der Waals surface area contributed by atoms with Crippen molar-refractivity contribution in [1.29, 1.82) is 0 Å². The van der Waals surface area contributed by atoms with E-state index in [1.54, 1.807) is 0 Å². The quantitative estimate of drug-likeness (QED) is 0.345. The minimum Gasteiger partial charge on any atom is -0.412 e. The van der Waals surface area contributed by atoms with Gasteiger partial charge in [0, 0.05) is 19.5 Å². The van der Waals surface area contributed by atoms with Crippen molar-refractivity contribution in [1.82, 2.24) is 0 Å². The van der Waals surface area contributed by atoms with Crippen LogP contribution in [0.3, 0.4) is 0 Å². The molecule has 0 saturated heterocycles. The third-order valence-corrected chi connectivity index (χ3v) is 0. The zero-order chi connectivity index (χ0) is 0. The van der Waals surface area contributed by atoms with E-state index in [0.29, 0.717) is 0 Å². The van der Waals surface area contributed by atoms with Crippen molar-refractivity contribution in [2.45, 2.75) is 0 Å². The summed E-state index contributed by atoms with van der Waals surface area (Å²) in [5.74, 6) is 0. The van der Waals surface area contributed by atoms with E-state index in [-0.39, 0.29) is 52.3 Å². The van der Waals surface area contributed by atoms with E-state index in [1.807, 2.05) is 0 Å². The Morgan fingerprint density at radius 1 is 0.286 bits per heavy atom. The smallest absolute Gasteiger partial charge is 0 e. The Morgan fingerprint density at radius 3 is 0.286 bits per heavy atom. The summed E-state index contributed by atoms with van der Waals surface area (Å²) in [4.78, 5) is 0. The second-order valence-corrected chi connectivity index (χ2v) is 0. The van der Waals surface area contributed by atoms with Gasteiger partial charge in [0.25, 0.3) is 0 Å². The zero-order valence-electron chi connectivity index (χ0n) is 3.35. The van der Waals surface area contributed by atoms with Gasteiger partial charge in [0.1, 0.15) is 0 Å². The van der Waals surface area contributed by atoms with Crippen LogP contribution in [0.1, 0.15) is 0 Å². The van der Waals surface area contributed by atoms with E-state index < -0.39 is 0 Å². The first kappa shape index (κ1) is 2050. The van der Waals surface area contributed by atoms with Gasteiger partial charge in [-0.25, -0.2) is 0 Å². The molecule has 56 valence electrons. The summed E-state index contributed by atoms with van der Waals surface area (Å²) >= 11 is 0. The molecule has 0 aromatic rings. The molecule has 0 rings (SSSR count). The predicted octanol–water partition coefficient (Wildman–Crippen LogP) is -4.95. The molecule has 7 heavy (non-hydrogen) atoms. The normalized spacial score (nSPS) is 0. The molecule has 0 unspecified atom stereocenters. The van der Waals surface area contributed by atoms with Gasteiger partial charge in [0.15, 0.2) is 0 Å². The maximum Gasteiger partial charge on any atom is 0 e. The first-order chi connectivity index (χ1) is 0. The molecule has 0 aliphatic carbocycles. The van der Waals surface area contributed by atoms with Gasteiger partial charge in [-0.05, 0) is 0 Å². The molecule has 0 aromatic heterocycles.